The maximum absolute atomic E-state index is 13.0. The number of rotatable bonds is 6. The molecule has 1 aliphatic heterocycles. The quantitative estimate of drug-likeness (QED) is 0.725. The Morgan fingerprint density at radius 2 is 1.63 bits per heavy atom. The Balaban J connectivity index is 1.64. The molecule has 1 aromatic carbocycles. The van der Waals surface area contributed by atoms with Crippen LogP contribution in [0.15, 0.2) is 24.3 Å². The SMILES string of the molecule is CCN(CC)C(=O)c1ccc(NC(=O)CN2C(=O)N(C)C3(CCCCC3)C2=O)cc1. The first-order valence-corrected chi connectivity index (χ1v) is 10.6. The van der Waals surface area contributed by atoms with E-state index >= 15 is 0 Å². The van der Waals surface area contributed by atoms with Crippen LogP contribution >= 0.6 is 0 Å². The van der Waals surface area contributed by atoms with Crippen LogP contribution in [0.4, 0.5) is 10.5 Å². The average molecular weight is 415 g/mol. The van der Waals surface area contributed by atoms with Crippen molar-refractivity contribution in [2.45, 2.75) is 51.5 Å². The predicted octanol–water partition coefficient (Wildman–Crippen LogP) is 2.70. The highest BCUT2D eigenvalue weighted by Crippen LogP contribution is 2.39. The summed E-state index contributed by atoms with van der Waals surface area (Å²) in [7, 11) is 1.65. The minimum Gasteiger partial charge on any atom is -0.339 e. The third-order valence-electron chi connectivity index (χ3n) is 6.25. The Morgan fingerprint density at radius 3 is 2.20 bits per heavy atom. The molecule has 8 nitrogen and oxygen atoms in total. The van der Waals surface area contributed by atoms with Gasteiger partial charge in [0.05, 0.1) is 0 Å². The lowest BCUT2D eigenvalue weighted by atomic mass is 9.81. The fourth-order valence-electron chi connectivity index (χ4n) is 4.40. The number of carbonyl (C=O) groups excluding carboxylic acids is 4. The molecule has 1 aliphatic carbocycles. The average Bonchev–Trinajstić information content (AvgIpc) is 2.92. The van der Waals surface area contributed by atoms with E-state index in [1.807, 2.05) is 13.8 Å². The van der Waals surface area contributed by atoms with Gasteiger partial charge in [-0.3, -0.25) is 19.3 Å². The number of imide groups is 1. The first-order valence-electron chi connectivity index (χ1n) is 10.6. The van der Waals surface area contributed by atoms with Crippen LogP contribution in [0.1, 0.15) is 56.3 Å². The van der Waals surface area contributed by atoms with E-state index < -0.39 is 17.5 Å². The fraction of sp³-hybridized carbons (Fsp3) is 0.545. The predicted molar refractivity (Wildman–Crippen MR) is 113 cm³/mol. The molecule has 0 atom stereocenters. The van der Waals surface area contributed by atoms with Gasteiger partial charge in [0, 0.05) is 31.4 Å². The number of urea groups is 1. The van der Waals surface area contributed by atoms with Crippen LogP contribution in [0.3, 0.4) is 0 Å². The van der Waals surface area contributed by atoms with Gasteiger partial charge in [0.15, 0.2) is 0 Å². The molecule has 162 valence electrons. The van der Waals surface area contributed by atoms with Crippen molar-refractivity contribution < 1.29 is 19.2 Å². The van der Waals surface area contributed by atoms with Gasteiger partial charge in [-0.15, -0.1) is 0 Å². The number of hydrogen-bond acceptors (Lipinski definition) is 4. The van der Waals surface area contributed by atoms with E-state index in [-0.39, 0.29) is 18.4 Å². The van der Waals surface area contributed by atoms with E-state index in [9.17, 15) is 19.2 Å². The van der Waals surface area contributed by atoms with Crippen LogP contribution in [0.25, 0.3) is 0 Å². The second-order valence-corrected chi connectivity index (χ2v) is 7.93. The number of nitrogens with one attached hydrogen (secondary N) is 1. The number of benzene rings is 1. The zero-order chi connectivity index (χ0) is 21.9. The van der Waals surface area contributed by atoms with Crippen LogP contribution in [-0.4, -0.2) is 70.7 Å². The van der Waals surface area contributed by atoms with E-state index in [4.69, 9.17) is 0 Å². The van der Waals surface area contributed by atoms with Crippen molar-refractivity contribution in [1.82, 2.24) is 14.7 Å². The van der Waals surface area contributed by atoms with E-state index in [2.05, 4.69) is 5.32 Å². The summed E-state index contributed by atoms with van der Waals surface area (Å²) >= 11 is 0. The number of anilines is 1. The zero-order valence-corrected chi connectivity index (χ0v) is 17.9. The van der Waals surface area contributed by atoms with E-state index in [1.165, 1.54) is 4.90 Å². The summed E-state index contributed by atoms with van der Waals surface area (Å²) in [4.78, 5) is 54.8. The molecule has 5 amide bonds. The van der Waals surface area contributed by atoms with Gasteiger partial charge in [-0.25, -0.2) is 4.79 Å². The maximum atomic E-state index is 13.0. The Hall–Kier alpha value is -2.90. The maximum Gasteiger partial charge on any atom is 0.327 e. The van der Waals surface area contributed by atoms with Crippen molar-refractivity contribution in [1.29, 1.82) is 0 Å². The zero-order valence-electron chi connectivity index (χ0n) is 17.9. The van der Waals surface area contributed by atoms with Crippen LogP contribution in [-0.2, 0) is 9.59 Å². The van der Waals surface area contributed by atoms with Crippen molar-refractivity contribution in [2.75, 3.05) is 32.0 Å². The van der Waals surface area contributed by atoms with E-state index in [0.717, 1.165) is 24.2 Å². The molecular weight excluding hydrogens is 384 g/mol. The third kappa shape index (κ3) is 3.91. The second kappa shape index (κ2) is 8.85. The molecule has 1 N–H and O–H groups in total. The molecule has 2 aliphatic rings. The smallest absolute Gasteiger partial charge is 0.327 e. The highest BCUT2D eigenvalue weighted by Gasteiger charge is 2.55. The van der Waals surface area contributed by atoms with Gasteiger partial charge >= 0.3 is 6.03 Å². The van der Waals surface area contributed by atoms with Gasteiger partial charge < -0.3 is 15.1 Å². The fourth-order valence-corrected chi connectivity index (χ4v) is 4.40. The van der Waals surface area contributed by atoms with Gasteiger partial charge in [0.1, 0.15) is 12.1 Å². The van der Waals surface area contributed by atoms with Gasteiger partial charge in [-0.05, 0) is 51.0 Å². The van der Waals surface area contributed by atoms with Crippen molar-refractivity contribution >= 4 is 29.4 Å². The minimum atomic E-state index is -0.790. The largest absolute Gasteiger partial charge is 0.339 e. The Labute approximate surface area is 177 Å². The van der Waals surface area contributed by atoms with Crippen LogP contribution in [0.2, 0.25) is 0 Å². The van der Waals surface area contributed by atoms with Crippen molar-refractivity contribution in [3.63, 3.8) is 0 Å². The molecule has 0 unspecified atom stereocenters. The monoisotopic (exact) mass is 414 g/mol. The lowest BCUT2D eigenvalue weighted by Gasteiger charge is -2.35. The summed E-state index contributed by atoms with van der Waals surface area (Å²) in [6, 6.07) is 6.20. The van der Waals surface area contributed by atoms with Crippen molar-refractivity contribution in [3.8, 4) is 0 Å². The number of hydrogen-bond donors (Lipinski definition) is 1. The van der Waals surface area contributed by atoms with E-state index in [1.54, 1.807) is 36.2 Å². The van der Waals surface area contributed by atoms with E-state index in [0.29, 0.717) is 37.2 Å². The summed E-state index contributed by atoms with van der Waals surface area (Å²) in [6.45, 7) is 4.78. The molecule has 30 heavy (non-hydrogen) atoms. The summed E-state index contributed by atoms with van der Waals surface area (Å²) in [5, 5.41) is 2.71. The molecule has 1 spiro atoms. The molecule has 2 fully saturated rings. The molecule has 1 aromatic rings. The molecule has 0 aromatic heterocycles. The second-order valence-electron chi connectivity index (χ2n) is 7.93. The molecule has 0 bridgehead atoms. The summed E-state index contributed by atoms with van der Waals surface area (Å²) in [5.41, 5.74) is 0.264. The number of carbonyl (C=O) groups is 4. The molecule has 1 heterocycles. The first-order chi connectivity index (χ1) is 14.3. The molecule has 1 saturated carbocycles. The van der Waals surface area contributed by atoms with Crippen LogP contribution < -0.4 is 5.32 Å². The summed E-state index contributed by atoms with van der Waals surface area (Å²) in [5.74, 6) is -0.780. The highest BCUT2D eigenvalue weighted by molar-refractivity contribution is 6.10. The molecule has 0 radical (unpaired) electrons. The standard InChI is InChI=1S/C22H30N4O4/c1-4-25(5-2)19(28)16-9-11-17(12-10-16)23-18(27)15-26-20(29)22(24(3)21(26)30)13-7-6-8-14-22/h9-12H,4-8,13-15H2,1-3H3,(H,23,27). The first kappa shape index (κ1) is 21.8. The number of amides is 5. The van der Waals surface area contributed by atoms with Gasteiger partial charge in [-0.2, -0.15) is 0 Å². The lowest BCUT2D eigenvalue weighted by Crippen LogP contribution is -2.49. The van der Waals surface area contributed by atoms with Gasteiger partial charge in [0.25, 0.3) is 11.8 Å². The normalized spacial score (nSPS) is 18.1. The van der Waals surface area contributed by atoms with Gasteiger partial charge in [-0.1, -0.05) is 19.3 Å². The summed E-state index contributed by atoms with van der Waals surface area (Å²) in [6.07, 6.45) is 4.16. The third-order valence-corrected chi connectivity index (χ3v) is 6.25. The lowest BCUT2D eigenvalue weighted by molar-refractivity contribution is -0.136. The molecular formula is C22H30N4O4. The Kier molecular flexibility index (Phi) is 6.43. The topological polar surface area (TPSA) is 90.0 Å². The van der Waals surface area contributed by atoms with Crippen molar-refractivity contribution in [3.05, 3.63) is 29.8 Å². The number of likely N-dealkylation sites (N-methyl/N-ethyl adjacent to an activating group) is 1. The Morgan fingerprint density at radius 1 is 1.03 bits per heavy atom. The van der Waals surface area contributed by atoms with Crippen LogP contribution in [0, 0.1) is 0 Å². The number of nitrogens with zero attached hydrogens (tertiary/aromatic N) is 3. The van der Waals surface area contributed by atoms with Gasteiger partial charge in [0.2, 0.25) is 5.91 Å². The van der Waals surface area contributed by atoms with Crippen molar-refractivity contribution in [2.24, 2.45) is 0 Å². The molecule has 1 saturated heterocycles. The molecule has 3 rings (SSSR count). The Bertz CT molecular complexity index is 826. The minimum absolute atomic E-state index is 0.0630. The summed E-state index contributed by atoms with van der Waals surface area (Å²) < 4.78 is 0. The highest BCUT2D eigenvalue weighted by atomic mass is 16.2. The van der Waals surface area contributed by atoms with Crippen LogP contribution in [0.5, 0.6) is 0 Å². The molecule has 8 heteroatoms.